The van der Waals surface area contributed by atoms with Crippen LogP contribution in [0.4, 0.5) is 5.69 Å². The van der Waals surface area contributed by atoms with Gasteiger partial charge in [0.15, 0.2) is 5.82 Å². The van der Waals surface area contributed by atoms with Crippen LogP contribution in [0.3, 0.4) is 0 Å². The van der Waals surface area contributed by atoms with Gasteiger partial charge in [0, 0.05) is 24.4 Å². The zero-order valence-electron chi connectivity index (χ0n) is 21.7. The van der Waals surface area contributed by atoms with Crippen LogP contribution in [-0.4, -0.2) is 60.9 Å². The Morgan fingerprint density at radius 3 is 2.42 bits per heavy atom. The van der Waals surface area contributed by atoms with Crippen LogP contribution >= 0.6 is 0 Å². The molecule has 36 heavy (non-hydrogen) atoms. The van der Waals surface area contributed by atoms with Crippen molar-refractivity contribution in [2.45, 2.75) is 70.8 Å². The molecule has 0 radical (unpaired) electrons. The molecular formula is C28H36N6O2. The number of likely N-dealkylation sites (tertiary alicyclic amines) is 1. The Hall–Kier alpha value is -3.10. The number of amides is 1. The van der Waals surface area contributed by atoms with Gasteiger partial charge in [-0.05, 0) is 95.6 Å². The zero-order chi connectivity index (χ0) is 25.4. The van der Waals surface area contributed by atoms with Gasteiger partial charge < -0.3 is 15.3 Å². The predicted octanol–water partition coefficient (Wildman–Crippen LogP) is 4.36. The van der Waals surface area contributed by atoms with Gasteiger partial charge in [-0.2, -0.15) is 5.10 Å². The largest absolute Gasteiger partial charge is 0.389 e. The Balaban J connectivity index is 1.23. The maximum absolute atomic E-state index is 13.0. The van der Waals surface area contributed by atoms with E-state index in [-0.39, 0.29) is 5.91 Å². The molecule has 0 spiro atoms. The van der Waals surface area contributed by atoms with Crippen molar-refractivity contribution in [1.29, 1.82) is 0 Å². The van der Waals surface area contributed by atoms with Gasteiger partial charge in [0.25, 0.3) is 5.91 Å². The Labute approximate surface area is 212 Å². The fourth-order valence-corrected chi connectivity index (χ4v) is 5.24. The van der Waals surface area contributed by atoms with Crippen molar-refractivity contribution in [1.82, 2.24) is 24.6 Å². The third kappa shape index (κ3) is 5.50. The molecule has 190 valence electrons. The van der Waals surface area contributed by atoms with Crippen molar-refractivity contribution in [2.24, 2.45) is 0 Å². The lowest BCUT2D eigenvalue weighted by Gasteiger charge is -2.35. The lowest BCUT2D eigenvalue weighted by atomic mass is 9.90. The van der Waals surface area contributed by atoms with Gasteiger partial charge >= 0.3 is 0 Å². The molecule has 0 atom stereocenters. The van der Waals surface area contributed by atoms with Crippen LogP contribution in [0.5, 0.6) is 0 Å². The van der Waals surface area contributed by atoms with Gasteiger partial charge in [0.1, 0.15) is 0 Å². The molecule has 0 aromatic carbocycles. The topological polar surface area (TPSA) is 96.2 Å². The lowest BCUT2D eigenvalue weighted by molar-refractivity contribution is 0.0280. The quantitative estimate of drug-likeness (QED) is 0.513. The second-order valence-electron chi connectivity index (χ2n) is 11.0. The summed E-state index contributed by atoms with van der Waals surface area (Å²) in [6, 6.07) is 6.08. The minimum absolute atomic E-state index is 0.206. The van der Waals surface area contributed by atoms with E-state index in [0.717, 1.165) is 42.9 Å². The number of piperidine rings is 1. The van der Waals surface area contributed by atoms with Crippen LogP contribution in [0.1, 0.15) is 84.2 Å². The SMILES string of the molecule is Cc1cc(NC(=O)c2cnn(-c3ccc(C4CC4)cn3)c2C)cnc1C1CCN(CC(C)(C)O)CC1. The molecule has 2 aliphatic rings. The van der Waals surface area contributed by atoms with Gasteiger partial charge in [0.05, 0.1) is 34.9 Å². The van der Waals surface area contributed by atoms with Crippen molar-refractivity contribution >= 4 is 11.6 Å². The summed E-state index contributed by atoms with van der Waals surface area (Å²) in [6.07, 6.45) is 9.78. The monoisotopic (exact) mass is 488 g/mol. The Bertz CT molecular complexity index is 1230. The molecule has 1 amide bonds. The number of aliphatic hydroxyl groups is 1. The number of β-amino-alcohol motifs (C(OH)–C–C–N with tert-alkyl or cyclic N) is 1. The van der Waals surface area contributed by atoms with E-state index in [2.05, 4.69) is 33.3 Å². The molecule has 1 saturated carbocycles. The van der Waals surface area contributed by atoms with Crippen LogP contribution in [0.15, 0.2) is 36.8 Å². The number of aryl methyl sites for hydroxylation is 1. The molecule has 3 aromatic rings. The number of hydrogen-bond acceptors (Lipinski definition) is 6. The zero-order valence-corrected chi connectivity index (χ0v) is 21.7. The van der Waals surface area contributed by atoms with Crippen molar-refractivity contribution in [3.63, 3.8) is 0 Å². The average molecular weight is 489 g/mol. The van der Waals surface area contributed by atoms with Gasteiger partial charge in [-0.1, -0.05) is 6.07 Å². The first-order valence-electron chi connectivity index (χ1n) is 12.9. The first-order valence-corrected chi connectivity index (χ1v) is 12.9. The van der Waals surface area contributed by atoms with E-state index in [1.165, 1.54) is 18.4 Å². The van der Waals surface area contributed by atoms with E-state index < -0.39 is 5.60 Å². The summed E-state index contributed by atoms with van der Waals surface area (Å²) >= 11 is 0. The fraction of sp³-hybridized carbons (Fsp3) is 0.500. The number of rotatable bonds is 7. The molecule has 8 nitrogen and oxygen atoms in total. The molecule has 2 fully saturated rings. The number of pyridine rings is 2. The van der Waals surface area contributed by atoms with E-state index in [0.29, 0.717) is 35.4 Å². The number of nitrogens with one attached hydrogen (secondary N) is 1. The number of aromatic nitrogens is 4. The molecular weight excluding hydrogens is 452 g/mol. The van der Waals surface area contributed by atoms with Crippen LogP contribution in [-0.2, 0) is 0 Å². The molecule has 5 rings (SSSR count). The first kappa shape index (κ1) is 24.6. The van der Waals surface area contributed by atoms with Crippen LogP contribution in [0.25, 0.3) is 5.82 Å². The number of anilines is 1. The highest BCUT2D eigenvalue weighted by Gasteiger charge is 2.27. The highest BCUT2D eigenvalue weighted by atomic mass is 16.3. The number of carbonyl (C=O) groups is 1. The normalized spacial score (nSPS) is 17.4. The highest BCUT2D eigenvalue weighted by molar-refractivity contribution is 6.04. The molecule has 1 aliphatic carbocycles. The summed E-state index contributed by atoms with van der Waals surface area (Å²) in [5, 5.41) is 17.5. The van der Waals surface area contributed by atoms with E-state index in [9.17, 15) is 9.90 Å². The molecule has 3 aromatic heterocycles. The lowest BCUT2D eigenvalue weighted by Crippen LogP contribution is -2.42. The van der Waals surface area contributed by atoms with Gasteiger partial charge in [-0.15, -0.1) is 0 Å². The van der Waals surface area contributed by atoms with Crippen molar-refractivity contribution in [3.8, 4) is 5.82 Å². The second-order valence-corrected chi connectivity index (χ2v) is 11.0. The maximum Gasteiger partial charge on any atom is 0.259 e. The fourth-order valence-electron chi connectivity index (χ4n) is 5.24. The smallest absolute Gasteiger partial charge is 0.259 e. The Morgan fingerprint density at radius 2 is 1.81 bits per heavy atom. The van der Waals surface area contributed by atoms with Crippen molar-refractivity contribution in [2.75, 3.05) is 25.0 Å². The van der Waals surface area contributed by atoms with E-state index in [1.54, 1.807) is 17.1 Å². The van der Waals surface area contributed by atoms with E-state index in [4.69, 9.17) is 4.98 Å². The van der Waals surface area contributed by atoms with Crippen LogP contribution < -0.4 is 5.32 Å². The molecule has 0 bridgehead atoms. The molecule has 1 saturated heterocycles. The van der Waals surface area contributed by atoms with Crippen LogP contribution in [0.2, 0.25) is 0 Å². The van der Waals surface area contributed by atoms with E-state index in [1.807, 2.05) is 39.1 Å². The molecule has 4 heterocycles. The second kappa shape index (κ2) is 9.75. The first-order chi connectivity index (χ1) is 17.2. The standard InChI is InChI=1S/C28H36N6O2/c1-18-13-23(15-30-26(18)21-9-11-33(12-10-21)17-28(3,4)36)32-27(35)24-16-31-34(19(24)2)25-8-7-22(14-29-25)20-5-6-20/h7-8,13-16,20-21,36H,5-6,9-12,17H2,1-4H3,(H,32,35). The summed E-state index contributed by atoms with van der Waals surface area (Å²) in [7, 11) is 0. The minimum Gasteiger partial charge on any atom is -0.389 e. The van der Waals surface area contributed by atoms with Gasteiger partial charge in [0.2, 0.25) is 0 Å². The molecule has 1 aliphatic heterocycles. The Kier molecular flexibility index (Phi) is 6.66. The summed E-state index contributed by atoms with van der Waals surface area (Å²) in [5.74, 6) is 1.56. The summed E-state index contributed by atoms with van der Waals surface area (Å²) in [5.41, 5.74) is 4.73. The van der Waals surface area contributed by atoms with Gasteiger partial charge in [-0.3, -0.25) is 9.78 Å². The Morgan fingerprint density at radius 1 is 1.06 bits per heavy atom. The number of hydrogen-bond donors (Lipinski definition) is 2. The number of carbonyl (C=O) groups excluding carboxylic acids is 1. The molecule has 2 N–H and O–H groups in total. The third-order valence-electron chi connectivity index (χ3n) is 7.25. The summed E-state index contributed by atoms with van der Waals surface area (Å²) in [4.78, 5) is 24.7. The summed E-state index contributed by atoms with van der Waals surface area (Å²) < 4.78 is 1.71. The minimum atomic E-state index is -0.674. The molecule has 0 unspecified atom stereocenters. The average Bonchev–Trinajstić information content (AvgIpc) is 3.61. The predicted molar refractivity (Wildman–Crippen MR) is 140 cm³/mol. The maximum atomic E-state index is 13.0. The van der Waals surface area contributed by atoms with Crippen molar-refractivity contribution < 1.29 is 9.90 Å². The molecule has 8 heteroatoms. The highest BCUT2D eigenvalue weighted by Crippen LogP contribution is 2.39. The van der Waals surface area contributed by atoms with Crippen molar-refractivity contribution in [3.05, 3.63) is 64.9 Å². The number of nitrogens with zero attached hydrogens (tertiary/aromatic N) is 5. The van der Waals surface area contributed by atoms with Gasteiger partial charge in [-0.25, -0.2) is 9.67 Å². The third-order valence-corrected chi connectivity index (χ3v) is 7.25. The van der Waals surface area contributed by atoms with E-state index >= 15 is 0 Å². The van der Waals surface area contributed by atoms with Crippen LogP contribution in [0, 0.1) is 13.8 Å². The summed E-state index contributed by atoms with van der Waals surface area (Å²) in [6.45, 7) is 10.2.